The molecule has 2 aromatic rings. The van der Waals surface area contributed by atoms with Gasteiger partial charge < -0.3 is 9.88 Å². The van der Waals surface area contributed by atoms with Crippen LogP contribution in [0.1, 0.15) is 32.0 Å². The molecule has 1 aromatic heterocycles. The Bertz CT molecular complexity index is 841. The third-order valence-corrected chi connectivity index (χ3v) is 5.54. The lowest BCUT2D eigenvalue weighted by Gasteiger charge is -2.13. The molecule has 3 rings (SSSR count). The van der Waals surface area contributed by atoms with E-state index < -0.39 is 10.2 Å². The molecule has 0 saturated heterocycles. The van der Waals surface area contributed by atoms with Gasteiger partial charge in [-0.3, -0.25) is 14.9 Å². The van der Waals surface area contributed by atoms with Crippen molar-refractivity contribution < 1.29 is 9.72 Å². The molecule has 1 unspecified atom stereocenters. The number of aryl methyl sites for hydroxylation is 1. The number of hydrogen-bond acceptors (Lipinski definition) is 6. The highest BCUT2D eigenvalue weighted by Crippen LogP contribution is 2.29. The van der Waals surface area contributed by atoms with Crippen molar-refractivity contribution in [2.75, 3.05) is 5.32 Å². The van der Waals surface area contributed by atoms with E-state index in [-0.39, 0.29) is 16.6 Å². The van der Waals surface area contributed by atoms with E-state index in [1.165, 1.54) is 36.4 Å². The van der Waals surface area contributed by atoms with E-state index in [1.54, 1.807) is 6.92 Å². The van der Waals surface area contributed by atoms with Crippen LogP contribution in [0.4, 0.5) is 11.4 Å². The second-order valence-corrected chi connectivity index (χ2v) is 7.75. The summed E-state index contributed by atoms with van der Waals surface area (Å²) in [6.07, 6.45) is 4.27. The molecule has 0 saturated carbocycles. The van der Waals surface area contributed by atoms with Crippen LogP contribution < -0.4 is 5.32 Å². The van der Waals surface area contributed by atoms with Crippen molar-refractivity contribution in [2.24, 2.45) is 0 Å². The monoisotopic (exact) mass is 395 g/mol. The summed E-state index contributed by atoms with van der Waals surface area (Å²) in [5, 5.41) is 22.3. The molecular weight excluding hydrogens is 378 g/mol. The number of nitrogens with zero attached hydrogens (tertiary/aromatic N) is 4. The smallest absolute Gasteiger partial charge is 0.271 e. The SMILES string of the molecule is CC(Sc1nnc2n1CCCCC2)C(=O)Nc1ccc([N+](=O)[O-])cc1Cl. The maximum atomic E-state index is 12.5. The third-order valence-electron chi connectivity index (χ3n) is 4.15. The number of fused-ring (bicyclic) bond motifs is 1. The van der Waals surface area contributed by atoms with Gasteiger partial charge in [-0.1, -0.05) is 29.8 Å². The fraction of sp³-hybridized carbons (Fsp3) is 0.438. The number of carbonyl (C=O) groups is 1. The van der Waals surface area contributed by atoms with Gasteiger partial charge >= 0.3 is 0 Å². The van der Waals surface area contributed by atoms with Crippen LogP contribution in [0.3, 0.4) is 0 Å². The van der Waals surface area contributed by atoms with Gasteiger partial charge in [-0.15, -0.1) is 10.2 Å². The van der Waals surface area contributed by atoms with Gasteiger partial charge in [0, 0.05) is 25.1 Å². The topological polar surface area (TPSA) is 103 Å². The third kappa shape index (κ3) is 4.16. The van der Waals surface area contributed by atoms with Crippen molar-refractivity contribution >= 4 is 40.6 Å². The predicted molar refractivity (Wildman–Crippen MR) is 99.6 cm³/mol. The number of aromatic nitrogens is 3. The Labute approximate surface area is 159 Å². The first kappa shape index (κ1) is 18.7. The predicted octanol–water partition coefficient (Wildman–Crippen LogP) is 3.69. The van der Waals surface area contributed by atoms with E-state index in [2.05, 4.69) is 20.1 Å². The lowest BCUT2D eigenvalue weighted by atomic mass is 10.2. The van der Waals surface area contributed by atoms with E-state index in [0.29, 0.717) is 5.69 Å². The first-order valence-electron chi connectivity index (χ1n) is 8.29. The zero-order chi connectivity index (χ0) is 18.7. The van der Waals surface area contributed by atoms with E-state index >= 15 is 0 Å². The number of amides is 1. The molecule has 1 aliphatic rings. The molecule has 1 amide bonds. The number of nitro groups is 1. The minimum atomic E-state index is -0.535. The average molecular weight is 396 g/mol. The van der Waals surface area contributed by atoms with Gasteiger partial charge in [0.2, 0.25) is 5.91 Å². The molecule has 0 spiro atoms. The Kier molecular flexibility index (Phi) is 5.77. The number of benzene rings is 1. The number of rotatable bonds is 5. The number of hydrogen-bond donors (Lipinski definition) is 1. The van der Waals surface area contributed by atoms with Crippen LogP contribution in [0, 0.1) is 10.1 Å². The molecule has 0 bridgehead atoms. The Balaban J connectivity index is 1.67. The minimum Gasteiger partial charge on any atom is -0.324 e. The first-order chi connectivity index (χ1) is 12.5. The fourth-order valence-electron chi connectivity index (χ4n) is 2.71. The highest BCUT2D eigenvalue weighted by Gasteiger charge is 2.22. The molecule has 8 nitrogen and oxygen atoms in total. The summed E-state index contributed by atoms with van der Waals surface area (Å²) in [5.41, 5.74) is 0.219. The largest absolute Gasteiger partial charge is 0.324 e. The van der Waals surface area contributed by atoms with Gasteiger partial charge in [0.25, 0.3) is 5.69 Å². The van der Waals surface area contributed by atoms with E-state index in [1.807, 2.05) is 0 Å². The van der Waals surface area contributed by atoms with Crippen molar-refractivity contribution in [2.45, 2.75) is 49.6 Å². The highest BCUT2D eigenvalue weighted by molar-refractivity contribution is 8.00. The molecule has 26 heavy (non-hydrogen) atoms. The van der Waals surface area contributed by atoms with Crippen molar-refractivity contribution in [1.29, 1.82) is 0 Å². The molecular formula is C16H18ClN5O3S. The number of thioether (sulfide) groups is 1. The molecule has 10 heteroatoms. The first-order valence-corrected chi connectivity index (χ1v) is 9.55. The maximum absolute atomic E-state index is 12.5. The number of halogens is 1. The molecule has 1 aromatic carbocycles. The zero-order valence-electron chi connectivity index (χ0n) is 14.1. The normalized spacial score (nSPS) is 15.0. The zero-order valence-corrected chi connectivity index (χ0v) is 15.7. The summed E-state index contributed by atoms with van der Waals surface area (Å²) in [5.74, 6) is 0.716. The Morgan fingerprint density at radius 1 is 1.38 bits per heavy atom. The number of carbonyl (C=O) groups excluding carboxylic acids is 1. The van der Waals surface area contributed by atoms with Crippen LogP contribution in [0.25, 0.3) is 0 Å². The Hall–Kier alpha value is -2.13. The van der Waals surface area contributed by atoms with Gasteiger partial charge in [-0.2, -0.15) is 0 Å². The molecule has 138 valence electrons. The number of non-ortho nitro benzene ring substituents is 1. The van der Waals surface area contributed by atoms with Crippen molar-refractivity contribution in [3.63, 3.8) is 0 Å². The van der Waals surface area contributed by atoms with Crippen LogP contribution in [0.5, 0.6) is 0 Å². The van der Waals surface area contributed by atoms with Crippen molar-refractivity contribution in [3.8, 4) is 0 Å². The fourth-order valence-corrected chi connectivity index (χ4v) is 3.83. The van der Waals surface area contributed by atoms with E-state index in [9.17, 15) is 14.9 Å². The number of nitro benzene ring substituents is 1. The molecule has 1 N–H and O–H groups in total. The lowest BCUT2D eigenvalue weighted by Crippen LogP contribution is -2.23. The van der Waals surface area contributed by atoms with Gasteiger partial charge in [-0.25, -0.2) is 0 Å². The summed E-state index contributed by atoms with van der Waals surface area (Å²) in [6, 6.07) is 3.95. The molecule has 0 aliphatic carbocycles. The second kappa shape index (κ2) is 8.05. The Morgan fingerprint density at radius 2 is 2.19 bits per heavy atom. The lowest BCUT2D eigenvalue weighted by molar-refractivity contribution is -0.384. The molecule has 1 atom stereocenters. The summed E-state index contributed by atoms with van der Waals surface area (Å²) >= 11 is 7.37. The van der Waals surface area contributed by atoms with E-state index in [4.69, 9.17) is 11.6 Å². The van der Waals surface area contributed by atoms with Crippen LogP contribution in [0.2, 0.25) is 5.02 Å². The molecule has 1 aliphatic heterocycles. The van der Waals surface area contributed by atoms with Gasteiger partial charge in [-0.05, 0) is 25.8 Å². The standard InChI is InChI=1S/C16H18ClN5O3S/c1-10(26-16-20-19-14-5-3-2-4-8-21(14)16)15(23)18-13-7-6-11(22(24)25)9-12(13)17/h6-7,9-10H,2-5,8H2,1H3,(H,18,23). The van der Waals surface area contributed by atoms with Crippen LogP contribution >= 0.6 is 23.4 Å². The van der Waals surface area contributed by atoms with Crippen molar-refractivity contribution in [1.82, 2.24) is 14.8 Å². The van der Waals surface area contributed by atoms with Crippen LogP contribution in [-0.4, -0.2) is 30.8 Å². The number of anilines is 1. The Morgan fingerprint density at radius 3 is 2.92 bits per heavy atom. The maximum Gasteiger partial charge on any atom is 0.271 e. The quantitative estimate of drug-likeness (QED) is 0.470. The second-order valence-electron chi connectivity index (χ2n) is 6.03. The summed E-state index contributed by atoms with van der Waals surface area (Å²) in [6.45, 7) is 2.64. The molecule has 0 radical (unpaired) electrons. The summed E-state index contributed by atoms with van der Waals surface area (Å²) in [7, 11) is 0. The number of nitrogens with one attached hydrogen (secondary N) is 1. The van der Waals surface area contributed by atoms with Crippen LogP contribution in [-0.2, 0) is 17.8 Å². The van der Waals surface area contributed by atoms with Crippen LogP contribution in [0.15, 0.2) is 23.4 Å². The highest BCUT2D eigenvalue weighted by atomic mass is 35.5. The molecule has 0 fully saturated rings. The van der Waals surface area contributed by atoms with Crippen molar-refractivity contribution in [3.05, 3.63) is 39.2 Å². The van der Waals surface area contributed by atoms with E-state index in [0.717, 1.165) is 36.8 Å². The summed E-state index contributed by atoms with van der Waals surface area (Å²) < 4.78 is 2.08. The average Bonchev–Trinajstić information content (AvgIpc) is 2.83. The minimum absolute atomic E-state index is 0.124. The van der Waals surface area contributed by atoms with Gasteiger partial charge in [0.15, 0.2) is 5.16 Å². The summed E-state index contributed by atoms with van der Waals surface area (Å²) in [4.78, 5) is 22.7. The molecule has 2 heterocycles. The van der Waals surface area contributed by atoms with Gasteiger partial charge in [0.05, 0.1) is 20.9 Å². The van der Waals surface area contributed by atoms with Gasteiger partial charge in [0.1, 0.15) is 5.82 Å².